The largest absolute Gasteiger partial charge is 0.490 e. The standard InChI is InChI=1S/C22H22N4O3S/c1-3-28-19-9-8-17(13-20(19)29-4-2)24-21(27)23-16-7-5-6-15(12-16)18-14-26-10-11-30-22(26)25-18/h5-14H,3-4H2,1-2H3,(H2,23,24,27). The van der Waals surface area contributed by atoms with Gasteiger partial charge in [-0.15, -0.1) is 11.3 Å². The number of hydrogen-bond acceptors (Lipinski definition) is 5. The summed E-state index contributed by atoms with van der Waals surface area (Å²) in [4.78, 5) is 18.0. The summed E-state index contributed by atoms with van der Waals surface area (Å²) in [6.45, 7) is 4.86. The number of thiazole rings is 1. The van der Waals surface area contributed by atoms with Crippen LogP contribution in [-0.4, -0.2) is 28.6 Å². The Morgan fingerprint density at radius 1 is 1.03 bits per heavy atom. The van der Waals surface area contributed by atoms with Crippen LogP contribution < -0.4 is 20.1 Å². The lowest BCUT2D eigenvalue weighted by molar-refractivity contribution is 0.262. The zero-order valence-corrected chi connectivity index (χ0v) is 17.5. The van der Waals surface area contributed by atoms with Crippen molar-refractivity contribution in [1.82, 2.24) is 9.38 Å². The Balaban J connectivity index is 1.46. The minimum atomic E-state index is -0.343. The number of nitrogens with zero attached hydrogens (tertiary/aromatic N) is 2. The van der Waals surface area contributed by atoms with E-state index in [9.17, 15) is 4.79 Å². The Bertz CT molecular complexity index is 1140. The van der Waals surface area contributed by atoms with Gasteiger partial charge in [0.25, 0.3) is 0 Å². The number of benzene rings is 2. The van der Waals surface area contributed by atoms with Crippen molar-refractivity contribution in [3.05, 3.63) is 60.2 Å². The van der Waals surface area contributed by atoms with Crippen molar-refractivity contribution in [2.45, 2.75) is 13.8 Å². The molecule has 0 spiro atoms. The first-order valence-electron chi connectivity index (χ1n) is 9.66. The van der Waals surface area contributed by atoms with Crippen LogP contribution in [0.5, 0.6) is 11.5 Å². The van der Waals surface area contributed by atoms with Crippen molar-refractivity contribution >= 4 is 33.7 Å². The quantitative estimate of drug-likeness (QED) is 0.412. The van der Waals surface area contributed by atoms with Crippen molar-refractivity contribution in [1.29, 1.82) is 0 Å². The molecular weight excluding hydrogens is 400 g/mol. The highest BCUT2D eigenvalue weighted by Crippen LogP contribution is 2.31. The Labute approximate surface area is 178 Å². The molecule has 4 rings (SSSR count). The lowest BCUT2D eigenvalue weighted by atomic mass is 10.1. The molecule has 154 valence electrons. The van der Waals surface area contributed by atoms with Crippen molar-refractivity contribution in [2.24, 2.45) is 0 Å². The fraction of sp³-hybridized carbons (Fsp3) is 0.182. The first-order valence-corrected chi connectivity index (χ1v) is 10.5. The molecule has 2 amide bonds. The molecule has 0 atom stereocenters. The summed E-state index contributed by atoms with van der Waals surface area (Å²) in [7, 11) is 0. The number of imidazole rings is 1. The van der Waals surface area contributed by atoms with Crippen LogP contribution in [0.25, 0.3) is 16.2 Å². The maximum Gasteiger partial charge on any atom is 0.323 e. The molecule has 0 unspecified atom stereocenters. The van der Waals surface area contributed by atoms with Gasteiger partial charge in [0.1, 0.15) is 0 Å². The van der Waals surface area contributed by atoms with Gasteiger partial charge in [0.05, 0.1) is 18.9 Å². The number of nitrogens with one attached hydrogen (secondary N) is 2. The molecule has 0 aliphatic rings. The van der Waals surface area contributed by atoms with Gasteiger partial charge in [-0.2, -0.15) is 0 Å². The first kappa shape index (κ1) is 19.8. The van der Waals surface area contributed by atoms with Crippen LogP contribution in [-0.2, 0) is 0 Å². The zero-order chi connectivity index (χ0) is 20.9. The molecule has 0 bridgehead atoms. The number of hydrogen-bond donors (Lipinski definition) is 2. The third kappa shape index (κ3) is 4.38. The molecule has 4 aromatic rings. The van der Waals surface area contributed by atoms with Crippen LogP contribution in [0, 0.1) is 0 Å². The van der Waals surface area contributed by atoms with E-state index in [2.05, 4.69) is 15.6 Å². The van der Waals surface area contributed by atoms with Crippen LogP contribution in [0.1, 0.15) is 13.8 Å². The summed E-state index contributed by atoms with van der Waals surface area (Å²) in [6, 6.07) is 12.6. The van der Waals surface area contributed by atoms with Gasteiger partial charge in [0, 0.05) is 40.8 Å². The van der Waals surface area contributed by atoms with E-state index >= 15 is 0 Å². The number of amides is 2. The minimum Gasteiger partial charge on any atom is -0.490 e. The van der Waals surface area contributed by atoms with E-state index < -0.39 is 0 Å². The number of fused-ring (bicyclic) bond motifs is 1. The number of carbonyl (C=O) groups is 1. The van der Waals surface area contributed by atoms with Gasteiger partial charge < -0.3 is 20.1 Å². The summed E-state index contributed by atoms with van der Waals surface area (Å²) >= 11 is 1.58. The smallest absolute Gasteiger partial charge is 0.323 e. The van der Waals surface area contributed by atoms with Gasteiger partial charge in [-0.05, 0) is 38.1 Å². The SMILES string of the molecule is CCOc1ccc(NC(=O)Nc2cccc(-c3cn4ccsc4n3)c2)cc1OCC. The van der Waals surface area contributed by atoms with E-state index in [1.54, 1.807) is 29.5 Å². The van der Waals surface area contributed by atoms with E-state index in [4.69, 9.17) is 9.47 Å². The lowest BCUT2D eigenvalue weighted by Crippen LogP contribution is -2.19. The van der Waals surface area contributed by atoms with Crippen molar-refractivity contribution in [3.63, 3.8) is 0 Å². The highest BCUT2D eigenvalue weighted by molar-refractivity contribution is 7.15. The Morgan fingerprint density at radius 2 is 1.80 bits per heavy atom. The van der Waals surface area contributed by atoms with Crippen LogP contribution in [0.2, 0.25) is 0 Å². The molecule has 2 aromatic carbocycles. The van der Waals surface area contributed by atoms with Gasteiger partial charge in [-0.25, -0.2) is 9.78 Å². The lowest BCUT2D eigenvalue weighted by Gasteiger charge is -2.13. The van der Waals surface area contributed by atoms with E-state index in [0.717, 1.165) is 16.2 Å². The average Bonchev–Trinajstić information content (AvgIpc) is 3.33. The Morgan fingerprint density at radius 3 is 2.57 bits per heavy atom. The van der Waals surface area contributed by atoms with Gasteiger partial charge >= 0.3 is 6.03 Å². The minimum absolute atomic E-state index is 0.343. The molecule has 0 aliphatic carbocycles. The topological polar surface area (TPSA) is 76.9 Å². The maximum atomic E-state index is 12.5. The molecule has 30 heavy (non-hydrogen) atoms. The molecule has 2 aromatic heterocycles. The van der Waals surface area contributed by atoms with E-state index in [1.165, 1.54) is 0 Å². The highest BCUT2D eigenvalue weighted by atomic mass is 32.1. The first-order chi connectivity index (χ1) is 14.7. The summed E-state index contributed by atoms with van der Waals surface area (Å²) in [5, 5.41) is 7.69. The summed E-state index contributed by atoms with van der Waals surface area (Å²) < 4.78 is 13.1. The number of urea groups is 1. The van der Waals surface area contributed by atoms with Crippen molar-refractivity contribution in [2.75, 3.05) is 23.8 Å². The van der Waals surface area contributed by atoms with Crippen LogP contribution in [0.15, 0.2) is 60.2 Å². The van der Waals surface area contributed by atoms with E-state index in [-0.39, 0.29) is 6.03 Å². The third-order valence-corrected chi connectivity index (χ3v) is 5.08. The molecule has 2 N–H and O–H groups in total. The molecule has 7 nitrogen and oxygen atoms in total. The molecule has 8 heteroatoms. The third-order valence-electron chi connectivity index (χ3n) is 4.31. The average molecular weight is 423 g/mol. The molecular formula is C22H22N4O3S. The normalized spacial score (nSPS) is 10.7. The second-order valence-electron chi connectivity index (χ2n) is 6.41. The number of aromatic nitrogens is 2. The Hall–Kier alpha value is -3.52. The molecule has 2 heterocycles. The van der Waals surface area contributed by atoms with Crippen LogP contribution >= 0.6 is 11.3 Å². The molecule has 0 aliphatic heterocycles. The molecule has 0 radical (unpaired) electrons. The fourth-order valence-electron chi connectivity index (χ4n) is 3.05. The monoisotopic (exact) mass is 422 g/mol. The predicted molar refractivity (Wildman–Crippen MR) is 120 cm³/mol. The van der Waals surface area contributed by atoms with E-state index in [0.29, 0.717) is 36.1 Å². The highest BCUT2D eigenvalue weighted by Gasteiger charge is 2.10. The summed E-state index contributed by atoms with van der Waals surface area (Å²) in [5.74, 6) is 1.25. The van der Waals surface area contributed by atoms with Crippen LogP contribution in [0.4, 0.5) is 16.2 Å². The van der Waals surface area contributed by atoms with Crippen LogP contribution in [0.3, 0.4) is 0 Å². The van der Waals surface area contributed by atoms with Gasteiger partial charge in [0.2, 0.25) is 0 Å². The van der Waals surface area contributed by atoms with Gasteiger partial charge in [-0.1, -0.05) is 12.1 Å². The maximum absolute atomic E-state index is 12.5. The number of ether oxygens (including phenoxy) is 2. The van der Waals surface area contributed by atoms with Crippen molar-refractivity contribution in [3.8, 4) is 22.8 Å². The summed E-state index contributed by atoms with van der Waals surface area (Å²) in [5.41, 5.74) is 3.09. The number of anilines is 2. The van der Waals surface area contributed by atoms with E-state index in [1.807, 2.05) is 60.3 Å². The number of rotatable bonds is 7. The molecule has 0 saturated heterocycles. The summed E-state index contributed by atoms with van der Waals surface area (Å²) in [6.07, 6.45) is 3.94. The Kier molecular flexibility index (Phi) is 5.85. The number of carbonyl (C=O) groups excluding carboxylic acids is 1. The second kappa shape index (κ2) is 8.87. The molecule has 0 fully saturated rings. The van der Waals surface area contributed by atoms with Crippen molar-refractivity contribution < 1.29 is 14.3 Å². The van der Waals surface area contributed by atoms with Gasteiger partial charge in [-0.3, -0.25) is 4.40 Å². The fourth-order valence-corrected chi connectivity index (χ4v) is 3.75. The molecule has 0 saturated carbocycles. The predicted octanol–water partition coefficient (Wildman–Crippen LogP) is 5.50. The second-order valence-corrected chi connectivity index (χ2v) is 7.28. The van der Waals surface area contributed by atoms with Gasteiger partial charge in [0.15, 0.2) is 16.5 Å². The zero-order valence-electron chi connectivity index (χ0n) is 16.7.